The van der Waals surface area contributed by atoms with Gasteiger partial charge in [0.25, 0.3) is 0 Å². The van der Waals surface area contributed by atoms with E-state index >= 15 is 0 Å². The van der Waals surface area contributed by atoms with Crippen molar-refractivity contribution in [3.8, 4) is 11.5 Å². The molecule has 0 radical (unpaired) electrons. The van der Waals surface area contributed by atoms with Crippen LogP contribution in [0.3, 0.4) is 0 Å². The summed E-state index contributed by atoms with van der Waals surface area (Å²) < 4.78 is 11.6. The van der Waals surface area contributed by atoms with Crippen molar-refractivity contribution in [2.24, 2.45) is 5.73 Å². The van der Waals surface area contributed by atoms with Crippen molar-refractivity contribution in [2.45, 2.75) is 6.04 Å². The van der Waals surface area contributed by atoms with Crippen molar-refractivity contribution in [3.05, 3.63) is 44.6 Å². The number of ether oxygens (including phenoxy) is 2. The Kier molecular flexibility index (Phi) is 4.27. The molecule has 0 aliphatic carbocycles. The topological polar surface area (TPSA) is 44.5 Å². The van der Waals surface area contributed by atoms with Gasteiger partial charge in [0.2, 0.25) is 0 Å². The average molecular weight is 328 g/mol. The highest BCUT2D eigenvalue weighted by Crippen LogP contribution is 2.34. The highest BCUT2D eigenvalue weighted by molar-refractivity contribution is 9.11. The summed E-state index contributed by atoms with van der Waals surface area (Å²) in [5.74, 6) is 1.40. The number of hydrogen-bond donors (Lipinski definition) is 1. The fourth-order valence-electron chi connectivity index (χ4n) is 1.71. The number of benzene rings is 1. The Morgan fingerprint density at radius 3 is 2.39 bits per heavy atom. The van der Waals surface area contributed by atoms with Crippen molar-refractivity contribution in [1.82, 2.24) is 0 Å². The molecule has 0 saturated carbocycles. The fraction of sp³-hybridized carbons (Fsp3) is 0.231. The summed E-state index contributed by atoms with van der Waals surface area (Å²) in [4.78, 5) is 1.11. The first kappa shape index (κ1) is 13.4. The molecule has 0 bridgehead atoms. The second kappa shape index (κ2) is 5.73. The van der Waals surface area contributed by atoms with Gasteiger partial charge in [0.15, 0.2) is 11.5 Å². The Bertz CT molecular complexity index is 542. The van der Waals surface area contributed by atoms with Gasteiger partial charge in [-0.15, -0.1) is 11.3 Å². The predicted octanol–water partition coefficient (Wildman–Crippen LogP) is 3.58. The van der Waals surface area contributed by atoms with Crippen LogP contribution in [-0.2, 0) is 0 Å². The molecular weight excluding hydrogens is 314 g/mol. The number of methoxy groups -OCH3 is 2. The molecule has 1 aromatic carbocycles. The minimum atomic E-state index is -0.152. The van der Waals surface area contributed by atoms with Crippen LogP contribution in [0.1, 0.15) is 16.5 Å². The zero-order chi connectivity index (χ0) is 13.1. The van der Waals surface area contributed by atoms with Gasteiger partial charge in [-0.1, -0.05) is 6.07 Å². The summed E-state index contributed by atoms with van der Waals surface area (Å²) in [5, 5.41) is 0. The molecule has 1 heterocycles. The van der Waals surface area contributed by atoms with Gasteiger partial charge in [-0.3, -0.25) is 0 Å². The molecule has 18 heavy (non-hydrogen) atoms. The van der Waals surface area contributed by atoms with Crippen LogP contribution in [0.15, 0.2) is 34.1 Å². The molecule has 0 aliphatic heterocycles. The van der Waals surface area contributed by atoms with Crippen LogP contribution >= 0.6 is 27.3 Å². The largest absolute Gasteiger partial charge is 0.493 e. The van der Waals surface area contributed by atoms with E-state index in [1.54, 1.807) is 25.6 Å². The Morgan fingerprint density at radius 2 is 1.83 bits per heavy atom. The van der Waals surface area contributed by atoms with E-state index < -0.39 is 0 Å². The summed E-state index contributed by atoms with van der Waals surface area (Å²) in [7, 11) is 3.24. The van der Waals surface area contributed by atoms with Gasteiger partial charge in [-0.25, -0.2) is 0 Å². The third-order valence-corrected chi connectivity index (χ3v) is 4.37. The molecule has 3 nitrogen and oxygen atoms in total. The second-order valence-electron chi connectivity index (χ2n) is 3.73. The number of nitrogens with two attached hydrogens (primary N) is 1. The van der Waals surface area contributed by atoms with Gasteiger partial charge in [0.1, 0.15) is 0 Å². The van der Waals surface area contributed by atoms with Gasteiger partial charge in [0, 0.05) is 4.88 Å². The standard InChI is InChI=1S/C13H14BrNO2S/c1-16-9-4-3-8(7-10(9)17-2)13(15)11-5-6-12(14)18-11/h3-7,13H,15H2,1-2H3. The third kappa shape index (κ3) is 2.68. The molecule has 1 aromatic heterocycles. The maximum absolute atomic E-state index is 6.24. The first-order valence-corrected chi connectivity index (χ1v) is 6.99. The summed E-state index contributed by atoms with van der Waals surface area (Å²) in [5.41, 5.74) is 7.24. The lowest BCUT2D eigenvalue weighted by atomic mass is 10.1. The van der Waals surface area contributed by atoms with Gasteiger partial charge in [-0.05, 0) is 45.8 Å². The SMILES string of the molecule is COc1ccc(C(N)c2ccc(Br)s2)cc1OC. The maximum Gasteiger partial charge on any atom is 0.161 e. The lowest BCUT2D eigenvalue weighted by Gasteiger charge is -2.13. The molecule has 96 valence electrons. The highest BCUT2D eigenvalue weighted by atomic mass is 79.9. The lowest BCUT2D eigenvalue weighted by molar-refractivity contribution is 0.354. The van der Waals surface area contributed by atoms with Crippen molar-refractivity contribution in [1.29, 1.82) is 0 Å². The molecule has 0 saturated heterocycles. The zero-order valence-electron chi connectivity index (χ0n) is 10.1. The predicted molar refractivity (Wildman–Crippen MR) is 77.6 cm³/mol. The van der Waals surface area contributed by atoms with E-state index in [-0.39, 0.29) is 6.04 Å². The smallest absolute Gasteiger partial charge is 0.161 e. The first-order chi connectivity index (χ1) is 8.65. The number of thiophene rings is 1. The Labute approximate surface area is 119 Å². The van der Waals surface area contributed by atoms with Crippen LogP contribution in [0.4, 0.5) is 0 Å². The van der Waals surface area contributed by atoms with Gasteiger partial charge >= 0.3 is 0 Å². The van der Waals surface area contributed by atoms with E-state index in [0.29, 0.717) is 11.5 Å². The maximum atomic E-state index is 6.24. The molecule has 0 aliphatic rings. The van der Waals surface area contributed by atoms with Crippen molar-refractivity contribution < 1.29 is 9.47 Å². The molecule has 0 spiro atoms. The van der Waals surface area contributed by atoms with Crippen LogP contribution in [0.5, 0.6) is 11.5 Å². The number of halogens is 1. The Morgan fingerprint density at radius 1 is 1.11 bits per heavy atom. The molecule has 2 rings (SSSR count). The molecule has 0 fully saturated rings. The summed E-state index contributed by atoms with van der Waals surface area (Å²) in [6, 6.07) is 9.62. The second-order valence-corrected chi connectivity index (χ2v) is 6.23. The van der Waals surface area contributed by atoms with E-state index in [0.717, 1.165) is 14.2 Å². The quantitative estimate of drug-likeness (QED) is 0.933. The molecule has 0 amide bonds. The van der Waals surface area contributed by atoms with Crippen LogP contribution in [-0.4, -0.2) is 14.2 Å². The number of rotatable bonds is 4. The van der Waals surface area contributed by atoms with E-state index in [1.807, 2.05) is 30.3 Å². The zero-order valence-corrected chi connectivity index (χ0v) is 12.5. The van der Waals surface area contributed by atoms with Gasteiger partial charge in [0.05, 0.1) is 24.0 Å². The van der Waals surface area contributed by atoms with E-state index in [9.17, 15) is 0 Å². The number of hydrogen-bond acceptors (Lipinski definition) is 4. The average Bonchev–Trinajstić information content (AvgIpc) is 2.83. The van der Waals surface area contributed by atoms with Gasteiger partial charge < -0.3 is 15.2 Å². The lowest BCUT2D eigenvalue weighted by Crippen LogP contribution is -2.10. The normalized spacial score (nSPS) is 12.2. The van der Waals surface area contributed by atoms with Gasteiger partial charge in [-0.2, -0.15) is 0 Å². The highest BCUT2D eigenvalue weighted by Gasteiger charge is 2.14. The Balaban J connectivity index is 2.33. The minimum Gasteiger partial charge on any atom is -0.493 e. The van der Waals surface area contributed by atoms with E-state index in [4.69, 9.17) is 15.2 Å². The molecule has 1 atom stereocenters. The van der Waals surface area contributed by atoms with Crippen LogP contribution in [0.25, 0.3) is 0 Å². The molecule has 2 aromatic rings. The Hall–Kier alpha value is -1.04. The van der Waals surface area contributed by atoms with Crippen molar-refractivity contribution in [2.75, 3.05) is 14.2 Å². The fourth-order valence-corrected chi connectivity index (χ4v) is 3.16. The van der Waals surface area contributed by atoms with Crippen LogP contribution < -0.4 is 15.2 Å². The van der Waals surface area contributed by atoms with Crippen molar-refractivity contribution >= 4 is 27.3 Å². The van der Waals surface area contributed by atoms with E-state index in [2.05, 4.69) is 15.9 Å². The molecular formula is C13H14BrNO2S. The summed E-state index contributed by atoms with van der Waals surface area (Å²) in [6.07, 6.45) is 0. The monoisotopic (exact) mass is 327 g/mol. The molecule has 2 N–H and O–H groups in total. The minimum absolute atomic E-state index is 0.152. The van der Waals surface area contributed by atoms with E-state index in [1.165, 1.54) is 0 Å². The third-order valence-electron chi connectivity index (χ3n) is 2.67. The summed E-state index contributed by atoms with van der Waals surface area (Å²) in [6.45, 7) is 0. The first-order valence-electron chi connectivity index (χ1n) is 5.38. The molecule has 1 unspecified atom stereocenters. The van der Waals surface area contributed by atoms with Crippen LogP contribution in [0.2, 0.25) is 0 Å². The molecule has 5 heteroatoms. The van der Waals surface area contributed by atoms with Crippen molar-refractivity contribution in [3.63, 3.8) is 0 Å². The van der Waals surface area contributed by atoms with Crippen LogP contribution in [0, 0.1) is 0 Å². The summed E-state index contributed by atoms with van der Waals surface area (Å²) >= 11 is 5.08.